The Balaban J connectivity index is 1.59. The van der Waals surface area contributed by atoms with Gasteiger partial charge in [0.25, 0.3) is 5.91 Å². The van der Waals surface area contributed by atoms with E-state index in [9.17, 15) is 18.0 Å². The zero-order chi connectivity index (χ0) is 26.8. The second-order valence-corrected chi connectivity index (χ2v) is 11.5. The quantitative estimate of drug-likeness (QED) is 0.625. The predicted molar refractivity (Wildman–Crippen MR) is 137 cm³/mol. The van der Waals surface area contributed by atoms with E-state index in [0.717, 1.165) is 11.1 Å². The van der Waals surface area contributed by atoms with Crippen LogP contribution in [0.25, 0.3) is 6.08 Å². The largest absolute Gasteiger partial charge is 0.487 e. The molecule has 2 fully saturated rings. The average Bonchev–Trinajstić information content (AvgIpc) is 3.10. The zero-order valence-electron chi connectivity index (χ0n) is 21.0. The van der Waals surface area contributed by atoms with Gasteiger partial charge in [-0.2, -0.15) is 8.42 Å². The van der Waals surface area contributed by atoms with E-state index in [4.69, 9.17) is 9.47 Å². The monoisotopic (exact) mass is 531 g/mol. The number of hydrogen-bond acceptors (Lipinski definition) is 6. The first-order chi connectivity index (χ1) is 17.4. The van der Waals surface area contributed by atoms with Crippen LogP contribution in [0.3, 0.4) is 0 Å². The summed E-state index contributed by atoms with van der Waals surface area (Å²) >= 11 is 0. The molecule has 2 amide bonds. The lowest BCUT2D eigenvalue weighted by atomic mass is 10.0. The van der Waals surface area contributed by atoms with Crippen molar-refractivity contribution in [2.75, 3.05) is 23.9 Å². The van der Waals surface area contributed by atoms with Gasteiger partial charge < -0.3 is 14.4 Å². The number of piperidine rings is 1. The molecule has 0 aliphatic carbocycles. The number of carbonyl (C=O) groups excluding carboxylic acids is 2. The van der Waals surface area contributed by atoms with Gasteiger partial charge in [0, 0.05) is 18.7 Å². The predicted octanol–water partition coefficient (Wildman–Crippen LogP) is 4.00. The minimum atomic E-state index is -4.26. The molecule has 11 heteroatoms. The molecule has 2 saturated heterocycles. The van der Waals surface area contributed by atoms with E-state index in [1.54, 1.807) is 31.7 Å². The van der Waals surface area contributed by atoms with Crippen LogP contribution >= 0.6 is 0 Å². The smallest absolute Gasteiger partial charge is 0.410 e. The molecule has 0 atom stereocenters. The second kappa shape index (κ2) is 10.4. The van der Waals surface area contributed by atoms with E-state index in [2.05, 4.69) is 0 Å². The molecule has 2 aromatic rings. The normalized spacial score (nSPS) is 17.4. The van der Waals surface area contributed by atoms with Crippen LogP contribution in [0, 0.1) is 5.82 Å². The second-order valence-electron chi connectivity index (χ2n) is 9.90. The minimum absolute atomic E-state index is 0.00308. The SMILES string of the molecule is CC(C)(C)OC(=O)N1CCC(=Cc2ccc(OCc3ccccc3)c(N3CC(=O)NS3(=O)=O)c2F)CC1. The molecule has 2 aliphatic rings. The number of nitrogens with one attached hydrogen (secondary N) is 1. The van der Waals surface area contributed by atoms with Gasteiger partial charge in [-0.15, -0.1) is 0 Å². The number of likely N-dealkylation sites (tertiary alicyclic amines) is 1. The Hall–Kier alpha value is -3.60. The molecule has 2 aromatic carbocycles. The van der Waals surface area contributed by atoms with Gasteiger partial charge >= 0.3 is 16.3 Å². The van der Waals surface area contributed by atoms with Gasteiger partial charge in [-0.3, -0.25) is 4.79 Å². The Bertz CT molecular complexity index is 1310. The Morgan fingerprint density at radius 2 is 1.78 bits per heavy atom. The van der Waals surface area contributed by atoms with E-state index in [1.807, 2.05) is 35.1 Å². The highest BCUT2D eigenvalue weighted by molar-refractivity contribution is 7.92. The standard InChI is InChI=1S/C26H30FN3O6S/c1-26(2,3)36-25(32)29-13-11-18(12-14-29)15-20-9-10-21(35-17-19-7-5-4-6-8-19)24(23(20)27)30-16-22(31)28-37(30,33)34/h4-10,15H,11-14,16-17H2,1-3H3,(H,28,31). The molecular weight excluding hydrogens is 501 g/mol. The number of benzene rings is 2. The highest BCUT2D eigenvalue weighted by Gasteiger charge is 2.38. The number of rotatable bonds is 5. The summed E-state index contributed by atoms with van der Waals surface area (Å²) in [5.41, 5.74) is 0.965. The fourth-order valence-electron chi connectivity index (χ4n) is 4.07. The summed E-state index contributed by atoms with van der Waals surface area (Å²) in [5, 5.41) is 0. The lowest BCUT2D eigenvalue weighted by Gasteiger charge is -2.31. The summed E-state index contributed by atoms with van der Waals surface area (Å²) in [7, 11) is -4.26. The molecule has 2 aliphatic heterocycles. The third kappa shape index (κ3) is 6.40. The van der Waals surface area contributed by atoms with Gasteiger partial charge in [0.15, 0.2) is 5.82 Å². The molecule has 0 radical (unpaired) electrons. The Kier molecular flexibility index (Phi) is 7.44. The molecule has 4 rings (SSSR count). The van der Waals surface area contributed by atoms with Gasteiger partial charge in [0.2, 0.25) is 0 Å². The molecule has 0 aromatic heterocycles. The number of amides is 2. The van der Waals surface area contributed by atoms with Crippen LogP contribution in [0.1, 0.15) is 44.7 Å². The Morgan fingerprint density at radius 1 is 1.11 bits per heavy atom. The molecular formula is C26H30FN3O6S. The first kappa shape index (κ1) is 26.5. The van der Waals surface area contributed by atoms with Gasteiger partial charge in [-0.1, -0.05) is 42.0 Å². The van der Waals surface area contributed by atoms with Crippen molar-refractivity contribution in [2.24, 2.45) is 0 Å². The average molecular weight is 532 g/mol. The van der Waals surface area contributed by atoms with Crippen molar-refractivity contribution in [3.8, 4) is 5.75 Å². The van der Waals surface area contributed by atoms with E-state index in [0.29, 0.717) is 30.2 Å². The van der Waals surface area contributed by atoms with Crippen molar-refractivity contribution >= 4 is 34.0 Å². The lowest BCUT2D eigenvalue weighted by molar-refractivity contribution is -0.117. The Morgan fingerprint density at radius 3 is 2.38 bits per heavy atom. The van der Waals surface area contributed by atoms with Crippen LogP contribution < -0.4 is 13.8 Å². The van der Waals surface area contributed by atoms with Crippen LogP contribution in [-0.2, 0) is 26.3 Å². The van der Waals surface area contributed by atoms with Crippen molar-refractivity contribution in [3.05, 3.63) is 65.0 Å². The number of hydrogen-bond donors (Lipinski definition) is 1. The van der Waals surface area contributed by atoms with E-state index in [1.165, 1.54) is 12.1 Å². The molecule has 37 heavy (non-hydrogen) atoms. The van der Waals surface area contributed by atoms with E-state index >= 15 is 4.39 Å². The number of carbonyl (C=O) groups is 2. The van der Waals surface area contributed by atoms with E-state index < -0.39 is 40.2 Å². The molecule has 2 heterocycles. The molecule has 0 spiro atoms. The lowest BCUT2D eigenvalue weighted by Crippen LogP contribution is -2.40. The van der Waals surface area contributed by atoms with Crippen molar-refractivity contribution in [1.29, 1.82) is 0 Å². The van der Waals surface area contributed by atoms with Crippen LogP contribution in [0.5, 0.6) is 5.75 Å². The van der Waals surface area contributed by atoms with E-state index in [-0.39, 0.29) is 23.6 Å². The van der Waals surface area contributed by atoms with Crippen LogP contribution in [0.4, 0.5) is 14.9 Å². The van der Waals surface area contributed by atoms with Crippen molar-refractivity contribution in [1.82, 2.24) is 9.62 Å². The fraction of sp³-hybridized carbons (Fsp3) is 0.385. The number of halogens is 1. The van der Waals surface area contributed by atoms with Crippen LogP contribution in [0.2, 0.25) is 0 Å². The first-order valence-corrected chi connectivity index (χ1v) is 13.4. The first-order valence-electron chi connectivity index (χ1n) is 11.9. The van der Waals surface area contributed by atoms with Crippen LogP contribution in [0.15, 0.2) is 48.0 Å². The van der Waals surface area contributed by atoms with Crippen molar-refractivity contribution < 1.29 is 31.9 Å². The van der Waals surface area contributed by atoms with Gasteiger partial charge in [-0.05, 0) is 51.3 Å². The summed E-state index contributed by atoms with van der Waals surface area (Å²) in [6, 6.07) is 12.2. The third-order valence-corrected chi connectivity index (χ3v) is 7.21. The number of ether oxygens (including phenoxy) is 2. The molecule has 0 saturated carbocycles. The molecule has 1 N–H and O–H groups in total. The summed E-state index contributed by atoms with van der Waals surface area (Å²) in [6.07, 6.45) is 2.30. The van der Waals surface area contributed by atoms with Gasteiger partial charge in [0.05, 0.1) is 0 Å². The number of nitrogens with zero attached hydrogens (tertiary/aromatic N) is 2. The Labute approximate surface area is 216 Å². The molecule has 9 nitrogen and oxygen atoms in total. The number of anilines is 1. The fourth-order valence-corrected chi connectivity index (χ4v) is 5.23. The summed E-state index contributed by atoms with van der Waals surface area (Å²) in [6.45, 7) is 5.79. The molecule has 0 bridgehead atoms. The van der Waals surface area contributed by atoms with Crippen LogP contribution in [-0.4, -0.2) is 50.6 Å². The third-order valence-electron chi connectivity index (χ3n) is 5.83. The summed E-state index contributed by atoms with van der Waals surface area (Å²) in [4.78, 5) is 25.8. The summed E-state index contributed by atoms with van der Waals surface area (Å²) < 4.78 is 54.8. The summed E-state index contributed by atoms with van der Waals surface area (Å²) in [5.74, 6) is -1.57. The maximum absolute atomic E-state index is 15.9. The minimum Gasteiger partial charge on any atom is -0.487 e. The van der Waals surface area contributed by atoms with Crippen molar-refractivity contribution in [2.45, 2.75) is 45.8 Å². The highest BCUT2D eigenvalue weighted by atomic mass is 32.2. The maximum Gasteiger partial charge on any atom is 0.410 e. The van der Waals surface area contributed by atoms with Gasteiger partial charge in [0.1, 0.15) is 30.2 Å². The molecule has 0 unspecified atom stereocenters. The molecule has 198 valence electrons. The van der Waals surface area contributed by atoms with Gasteiger partial charge in [-0.25, -0.2) is 18.2 Å². The zero-order valence-corrected chi connectivity index (χ0v) is 21.8. The topological polar surface area (TPSA) is 105 Å². The van der Waals surface area contributed by atoms with Crippen molar-refractivity contribution in [3.63, 3.8) is 0 Å². The maximum atomic E-state index is 15.9. The highest BCUT2D eigenvalue weighted by Crippen LogP contribution is 2.37.